The molecule has 0 heterocycles. The van der Waals surface area contributed by atoms with Gasteiger partial charge in [-0.1, -0.05) is 42.5 Å². The monoisotopic (exact) mass is 442 g/mol. The highest BCUT2D eigenvalue weighted by Crippen LogP contribution is 2.18. The van der Waals surface area contributed by atoms with E-state index in [2.05, 4.69) is 14.2 Å². The molecule has 162 valence electrons. The van der Waals surface area contributed by atoms with Crippen molar-refractivity contribution in [3.8, 4) is 0 Å². The van der Waals surface area contributed by atoms with E-state index in [4.69, 9.17) is 4.74 Å². The van der Waals surface area contributed by atoms with Crippen LogP contribution in [0.15, 0.2) is 66.7 Å². The lowest BCUT2D eigenvalue weighted by Crippen LogP contribution is -2.45. The van der Waals surface area contributed by atoms with E-state index in [0.29, 0.717) is 0 Å². The summed E-state index contributed by atoms with van der Waals surface area (Å²) in [6.45, 7) is 0. The van der Waals surface area contributed by atoms with E-state index in [-0.39, 0.29) is 17.7 Å². The maximum Gasteiger partial charge on any atom is 0.337 e. The van der Waals surface area contributed by atoms with E-state index in [1.54, 1.807) is 0 Å². The molecule has 2 N–H and O–H groups in total. The summed E-state index contributed by atoms with van der Waals surface area (Å²) < 4.78 is 39.2. The fourth-order valence-corrected chi connectivity index (χ4v) is 4.14. The standard InChI is InChI=1S/C22H22N2O6S/c1-29-21(25)17-9-11-19(12-10-17)23-31(27,28)24-20(22(26)30-2)14-15-7-8-16-5-3-4-6-18(16)13-15/h3-13,20,23-24H,14H2,1-2H3/t20-/m0/s1. The number of nitrogens with one attached hydrogen (secondary N) is 2. The van der Waals surface area contributed by atoms with Gasteiger partial charge in [0.25, 0.3) is 10.2 Å². The number of benzene rings is 3. The van der Waals surface area contributed by atoms with Gasteiger partial charge < -0.3 is 9.47 Å². The highest BCUT2D eigenvalue weighted by molar-refractivity contribution is 7.90. The minimum Gasteiger partial charge on any atom is -0.468 e. The van der Waals surface area contributed by atoms with Crippen molar-refractivity contribution < 1.29 is 27.5 Å². The molecular formula is C22H22N2O6S. The van der Waals surface area contributed by atoms with E-state index in [1.807, 2.05) is 42.5 Å². The molecule has 1 atom stereocenters. The molecule has 3 aromatic rings. The first kappa shape index (κ1) is 22.3. The van der Waals surface area contributed by atoms with Crippen LogP contribution in [0.2, 0.25) is 0 Å². The van der Waals surface area contributed by atoms with E-state index in [9.17, 15) is 18.0 Å². The normalized spacial score (nSPS) is 12.2. The van der Waals surface area contributed by atoms with Crippen LogP contribution in [0.4, 0.5) is 5.69 Å². The summed E-state index contributed by atoms with van der Waals surface area (Å²) in [6, 6.07) is 18.0. The predicted molar refractivity (Wildman–Crippen MR) is 117 cm³/mol. The number of esters is 2. The Balaban J connectivity index is 1.75. The highest BCUT2D eigenvalue weighted by atomic mass is 32.2. The lowest BCUT2D eigenvalue weighted by Gasteiger charge is -2.18. The molecule has 0 saturated carbocycles. The molecule has 0 radical (unpaired) electrons. The van der Waals surface area contributed by atoms with Crippen LogP contribution in [-0.2, 0) is 30.9 Å². The fourth-order valence-electron chi connectivity index (χ4n) is 3.08. The van der Waals surface area contributed by atoms with E-state index >= 15 is 0 Å². The third kappa shape index (κ3) is 5.80. The molecule has 0 saturated heterocycles. The van der Waals surface area contributed by atoms with Gasteiger partial charge in [-0.05, 0) is 47.0 Å². The Hall–Kier alpha value is -3.43. The Labute approximate surface area is 180 Å². The molecule has 9 heteroatoms. The van der Waals surface area contributed by atoms with Crippen LogP contribution in [0.3, 0.4) is 0 Å². The van der Waals surface area contributed by atoms with Gasteiger partial charge >= 0.3 is 11.9 Å². The van der Waals surface area contributed by atoms with Crippen LogP contribution in [0.25, 0.3) is 10.8 Å². The van der Waals surface area contributed by atoms with Crippen LogP contribution in [-0.4, -0.2) is 40.6 Å². The third-order valence-electron chi connectivity index (χ3n) is 4.60. The molecule has 0 aliphatic rings. The van der Waals surface area contributed by atoms with E-state index in [0.717, 1.165) is 16.3 Å². The van der Waals surface area contributed by atoms with Crippen LogP contribution in [0.5, 0.6) is 0 Å². The minimum absolute atomic E-state index is 0.111. The SMILES string of the molecule is COC(=O)c1ccc(NS(=O)(=O)N[C@@H](Cc2ccc3ccccc3c2)C(=O)OC)cc1. The van der Waals surface area contributed by atoms with Crippen molar-refractivity contribution in [3.05, 3.63) is 77.9 Å². The lowest BCUT2D eigenvalue weighted by molar-refractivity contribution is -0.142. The molecule has 3 aromatic carbocycles. The Morgan fingerprint density at radius 1 is 0.903 bits per heavy atom. The van der Waals surface area contributed by atoms with Crippen LogP contribution < -0.4 is 9.44 Å². The molecule has 0 amide bonds. The predicted octanol–water partition coefficient (Wildman–Crippen LogP) is 2.66. The topological polar surface area (TPSA) is 111 Å². The van der Waals surface area contributed by atoms with Crippen molar-refractivity contribution in [3.63, 3.8) is 0 Å². The van der Waals surface area contributed by atoms with Crippen LogP contribution in [0, 0.1) is 0 Å². The average Bonchev–Trinajstić information content (AvgIpc) is 2.77. The summed E-state index contributed by atoms with van der Waals surface area (Å²) in [4.78, 5) is 23.7. The smallest absolute Gasteiger partial charge is 0.337 e. The second-order valence-electron chi connectivity index (χ2n) is 6.75. The Kier molecular flexibility index (Phi) is 6.88. The molecule has 0 aliphatic carbocycles. The van der Waals surface area contributed by atoms with Crippen molar-refractivity contribution in [2.24, 2.45) is 0 Å². The molecule has 8 nitrogen and oxygen atoms in total. The summed E-state index contributed by atoms with van der Waals surface area (Å²) in [5.74, 6) is -1.24. The summed E-state index contributed by atoms with van der Waals surface area (Å²) in [5, 5.41) is 2.02. The molecule has 0 unspecified atom stereocenters. The van der Waals surface area contributed by atoms with Gasteiger partial charge in [0.2, 0.25) is 0 Å². The first-order chi connectivity index (χ1) is 14.8. The van der Waals surface area contributed by atoms with E-state index < -0.39 is 28.2 Å². The van der Waals surface area contributed by atoms with Gasteiger partial charge in [-0.3, -0.25) is 9.52 Å². The van der Waals surface area contributed by atoms with Crippen LogP contribution >= 0.6 is 0 Å². The second-order valence-corrected chi connectivity index (χ2v) is 8.20. The summed E-state index contributed by atoms with van der Waals surface area (Å²) in [5.41, 5.74) is 1.27. The first-order valence-corrected chi connectivity index (χ1v) is 10.8. The van der Waals surface area contributed by atoms with Crippen molar-refractivity contribution in [1.29, 1.82) is 0 Å². The molecular weight excluding hydrogens is 420 g/mol. The molecule has 3 rings (SSSR count). The van der Waals surface area contributed by atoms with Crippen molar-refractivity contribution >= 4 is 38.6 Å². The lowest BCUT2D eigenvalue weighted by atomic mass is 10.0. The van der Waals surface area contributed by atoms with Gasteiger partial charge in [-0.25, -0.2) is 4.79 Å². The molecule has 31 heavy (non-hydrogen) atoms. The van der Waals surface area contributed by atoms with Gasteiger partial charge in [0.15, 0.2) is 0 Å². The maximum absolute atomic E-state index is 12.6. The molecule has 0 aromatic heterocycles. The largest absolute Gasteiger partial charge is 0.468 e. The van der Waals surface area contributed by atoms with Crippen molar-refractivity contribution in [2.75, 3.05) is 18.9 Å². The Bertz CT molecular complexity index is 1190. The average molecular weight is 442 g/mol. The number of ether oxygens (including phenoxy) is 2. The number of rotatable bonds is 8. The molecule has 0 aliphatic heterocycles. The Morgan fingerprint density at radius 3 is 2.23 bits per heavy atom. The summed E-state index contributed by atoms with van der Waals surface area (Å²) in [7, 11) is -1.65. The van der Waals surface area contributed by atoms with Crippen molar-refractivity contribution in [2.45, 2.75) is 12.5 Å². The molecule has 0 spiro atoms. The van der Waals surface area contributed by atoms with Gasteiger partial charge in [0.1, 0.15) is 6.04 Å². The minimum atomic E-state index is -4.11. The third-order valence-corrected chi connectivity index (χ3v) is 5.69. The maximum atomic E-state index is 12.6. The quantitative estimate of drug-likeness (QED) is 0.519. The van der Waals surface area contributed by atoms with Gasteiger partial charge in [0.05, 0.1) is 19.8 Å². The summed E-state index contributed by atoms with van der Waals surface area (Å²) in [6.07, 6.45) is 0.111. The zero-order chi connectivity index (χ0) is 22.4. The number of fused-ring (bicyclic) bond motifs is 1. The number of methoxy groups -OCH3 is 2. The summed E-state index contributed by atoms with van der Waals surface area (Å²) >= 11 is 0. The first-order valence-electron chi connectivity index (χ1n) is 9.35. The zero-order valence-corrected chi connectivity index (χ0v) is 17.8. The number of carbonyl (C=O) groups is 2. The van der Waals surface area contributed by atoms with Gasteiger partial charge in [-0.15, -0.1) is 0 Å². The van der Waals surface area contributed by atoms with Crippen molar-refractivity contribution in [1.82, 2.24) is 4.72 Å². The zero-order valence-electron chi connectivity index (χ0n) is 17.0. The second kappa shape index (κ2) is 9.59. The van der Waals surface area contributed by atoms with E-state index in [1.165, 1.54) is 38.5 Å². The number of carbonyl (C=O) groups excluding carboxylic acids is 2. The van der Waals surface area contributed by atoms with Crippen LogP contribution in [0.1, 0.15) is 15.9 Å². The number of hydrogen-bond donors (Lipinski definition) is 2. The fraction of sp³-hybridized carbons (Fsp3) is 0.182. The molecule has 0 fully saturated rings. The Morgan fingerprint density at radius 2 is 1.58 bits per heavy atom. The number of anilines is 1. The number of hydrogen-bond acceptors (Lipinski definition) is 6. The molecule has 0 bridgehead atoms. The highest BCUT2D eigenvalue weighted by Gasteiger charge is 2.26. The van der Waals surface area contributed by atoms with Gasteiger partial charge in [0, 0.05) is 5.69 Å². The van der Waals surface area contributed by atoms with Gasteiger partial charge in [-0.2, -0.15) is 13.1 Å².